The molecule has 110 valence electrons. The van der Waals surface area contributed by atoms with E-state index in [2.05, 4.69) is 5.16 Å². The van der Waals surface area contributed by atoms with Gasteiger partial charge in [-0.3, -0.25) is 4.79 Å². The van der Waals surface area contributed by atoms with E-state index in [1.807, 2.05) is 20.8 Å². The van der Waals surface area contributed by atoms with E-state index in [0.717, 1.165) is 5.56 Å². The molecule has 1 rings (SSSR count). The minimum absolute atomic E-state index is 0.00767. The first-order chi connectivity index (χ1) is 9.35. The van der Waals surface area contributed by atoms with Crippen LogP contribution in [0, 0.1) is 6.92 Å². The van der Waals surface area contributed by atoms with Crippen LogP contribution in [0.4, 0.5) is 0 Å². The van der Waals surface area contributed by atoms with Gasteiger partial charge in [-0.25, -0.2) is 0 Å². The topological polar surface area (TPSA) is 78.9 Å². The number of nitrogens with zero attached hydrogens (tertiary/aromatic N) is 2. The van der Waals surface area contributed by atoms with Gasteiger partial charge in [-0.1, -0.05) is 16.8 Å². The highest BCUT2D eigenvalue weighted by Gasteiger charge is 2.19. The number of halogens is 1. The zero-order valence-electron chi connectivity index (χ0n) is 11.9. The normalized spacial score (nSPS) is 11.8. The van der Waals surface area contributed by atoms with E-state index < -0.39 is 0 Å². The fourth-order valence-electron chi connectivity index (χ4n) is 1.90. The number of rotatable bonds is 5. The Bertz CT molecular complexity index is 495. The average molecular weight is 298 g/mol. The molecule has 1 amide bonds. The molecule has 0 saturated heterocycles. The van der Waals surface area contributed by atoms with Crippen LogP contribution < -0.4 is 5.73 Å². The predicted molar refractivity (Wildman–Crippen MR) is 80.4 cm³/mol. The quantitative estimate of drug-likeness (QED) is 0.379. The van der Waals surface area contributed by atoms with Crippen molar-refractivity contribution in [3.05, 3.63) is 34.3 Å². The molecule has 0 spiro atoms. The second kappa shape index (κ2) is 7.14. The lowest BCUT2D eigenvalue weighted by molar-refractivity contribution is 0.0711. The van der Waals surface area contributed by atoms with E-state index in [0.29, 0.717) is 23.6 Å². The van der Waals surface area contributed by atoms with Crippen LogP contribution in [0.2, 0.25) is 5.02 Å². The second-order valence-electron chi connectivity index (χ2n) is 4.95. The van der Waals surface area contributed by atoms with Gasteiger partial charge in [0.25, 0.3) is 5.91 Å². The van der Waals surface area contributed by atoms with E-state index in [9.17, 15) is 4.79 Å². The summed E-state index contributed by atoms with van der Waals surface area (Å²) in [5, 5.41) is 12.0. The molecule has 0 bridgehead atoms. The van der Waals surface area contributed by atoms with E-state index in [1.165, 1.54) is 0 Å². The largest absolute Gasteiger partial charge is 0.409 e. The van der Waals surface area contributed by atoms with E-state index in [1.54, 1.807) is 23.1 Å². The summed E-state index contributed by atoms with van der Waals surface area (Å²) in [4.78, 5) is 14.2. The molecule has 0 saturated carbocycles. The highest BCUT2D eigenvalue weighted by atomic mass is 35.5. The molecule has 0 aliphatic rings. The predicted octanol–water partition coefficient (Wildman–Crippen LogP) is 2.64. The zero-order valence-corrected chi connectivity index (χ0v) is 12.7. The summed E-state index contributed by atoms with van der Waals surface area (Å²) >= 11 is 5.99. The van der Waals surface area contributed by atoms with Gasteiger partial charge in [0.2, 0.25) is 0 Å². The van der Waals surface area contributed by atoms with Gasteiger partial charge in [-0.05, 0) is 44.5 Å². The highest BCUT2D eigenvalue weighted by Crippen LogP contribution is 2.17. The molecule has 3 N–H and O–H groups in total. The van der Waals surface area contributed by atoms with Crippen molar-refractivity contribution < 1.29 is 10.0 Å². The minimum Gasteiger partial charge on any atom is -0.409 e. The number of hydrogen-bond acceptors (Lipinski definition) is 3. The number of carbonyl (C=O) groups excluding carboxylic acids is 1. The van der Waals surface area contributed by atoms with E-state index in [-0.39, 0.29) is 17.8 Å². The summed E-state index contributed by atoms with van der Waals surface area (Å²) in [5.74, 6) is -0.0120. The van der Waals surface area contributed by atoms with Crippen LogP contribution in [0.25, 0.3) is 0 Å². The number of nitrogens with two attached hydrogens (primary N) is 1. The number of aryl methyl sites for hydroxylation is 1. The molecular formula is C14H20ClN3O2. The van der Waals surface area contributed by atoms with Gasteiger partial charge in [0.05, 0.1) is 0 Å². The van der Waals surface area contributed by atoms with Crippen molar-refractivity contribution in [3.63, 3.8) is 0 Å². The fraction of sp³-hybridized carbons (Fsp3) is 0.429. The smallest absolute Gasteiger partial charge is 0.254 e. The maximum absolute atomic E-state index is 12.5. The van der Waals surface area contributed by atoms with Gasteiger partial charge in [-0.15, -0.1) is 0 Å². The summed E-state index contributed by atoms with van der Waals surface area (Å²) in [6, 6.07) is 5.25. The molecule has 1 aromatic carbocycles. The van der Waals surface area contributed by atoms with Crippen LogP contribution in [-0.4, -0.2) is 34.4 Å². The first kappa shape index (κ1) is 16.3. The summed E-state index contributed by atoms with van der Waals surface area (Å²) in [5.41, 5.74) is 6.93. The first-order valence-electron chi connectivity index (χ1n) is 6.39. The van der Waals surface area contributed by atoms with Crippen LogP contribution in [0.5, 0.6) is 0 Å². The lowest BCUT2D eigenvalue weighted by Gasteiger charge is -2.27. The van der Waals surface area contributed by atoms with Crippen LogP contribution in [0.1, 0.15) is 36.2 Å². The molecule has 5 nitrogen and oxygen atoms in total. The lowest BCUT2D eigenvalue weighted by Crippen LogP contribution is -2.39. The van der Waals surface area contributed by atoms with Crippen molar-refractivity contribution in [2.24, 2.45) is 10.9 Å². The Morgan fingerprint density at radius 3 is 2.60 bits per heavy atom. The Hall–Kier alpha value is -1.75. The van der Waals surface area contributed by atoms with Crippen molar-refractivity contribution in [3.8, 4) is 0 Å². The zero-order chi connectivity index (χ0) is 15.3. The van der Waals surface area contributed by atoms with E-state index >= 15 is 0 Å². The number of amides is 1. The Balaban J connectivity index is 2.93. The van der Waals surface area contributed by atoms with Crippen LogP contribution in [0.15, 0.2) is 23.4 Å². The van der Waals surface area contributed by atoms with Gasteiger partial charge < -0.3 is 15.8 Å². The molecule has 20 heavy (non-hydrogen) atoms. The summed E-state index contributed by atoms with van der Waals surface area (Å²) in [6.45, 7) is 6.11. The molecular weight excluding hydrogens is 278 g/mol. The van der Waals surface area contributed by atoms with Gasteiger partial charge in [0.1, 0.15) is 5.84 Å². The molecule has 0 aliphatic carbocycles. The van der Waals surface area contributed by atoms with Crippen molar-refractivity contribution >= 4 is 23.3 Å². The Labute approximate surface area is 124 Å². The maximum Gasteiger partial charge on any atom is 0.254 e. The van der Waals surface area contributed by atoms with Crippen LogP contribution in [-0.2, 0) is 0 Å². The molecule has 0 aromatic heterocycles. The molecule has 0 heterocycles. The summed E-state index contributed by atoms with van der Waals surface area (Å²) in [7, 11) is 0. The minimum atomic E-state index is -0.115. The molecule has 0 aliphatic heterocycles. The van der Waals surface area contributed by atoms with E-state index in [4.69, 9.17) is 22.5 Å². The fourth-order valence-corrected chi connectivity index (χ4v) is 2.19. The Morgan fingerprint density at radius 1 is 1.45 bits per heavy atom. The highest BCUT2D eigenvalue weighted by molar-refractivity contribution is 6.31. The van der Waals surface area contributed by atoms with Gasteiger partial charge in [0.15, 0.2) is 0 Å². The monoisotopic (exact) mass is 297 g/mol. The van der Waals surface area contributed by atoms with Gasteiger partial charge in [0, 0.05) is 29.6 Å². The lowest BCUT2D eigenvalue weighted by atomic mass is 10.1. The van der Waals surface area contributed by atoms with Crippen molar-refractivity contribution in [2.75, 3.05) is 6.54 Å². The number of amidine groups is 1. The number of hydrogen-bond donors (Lipinski definition) is 2. The van der Waals surface area contributed by atoms with Gasteiger partial charge in [-0.2, -0.15) is 0 Å². The molecule has 1 aromatic rings. The third-order valence-corrected chi connectivity index (χ3v) is 3.13. The standard InChI is InChI=1S/C14H20ClN3O2/c1-9(2)18(5-4-13(16)17-20)14(19)11-6-10(3)7-12(15)8-11/h6-9,20H,4-5H2,1-3H3,(H2,16,17). The average Bonchev–Trinajstić information content (AvgIpc) is 2.36. The van der Waals surface area contributed by atoms with Crippen molar-refractivity contribution in [1.82, 2.24) is 4.90 Å². The summed E-state index contributed by atoms with van der Waals surface area (Å²) < 4.78 is 0. The number of oxime groups is 1. The molecule has 0 unspecified atom stereocenters. The third-order valence-electron chi connectivity index (χ3n) is 2.91. The summed E-state index contributed by atoms with van der Waals surface area (Å²) in [6.07, 6.45) is 0.319. The molecule has 0 fully saturated rings. The number of carbonyl (C=O) groups is 1. The Kier molecular flexibility index (Phi) is 5.82. The second-order valence-corrected chi connectivity index (χ2v) is 5.39. The molecule has 0 atom stereocenters. The Morgan fingerprint density at radius 2 is 2.10 bits per heavy atom. The SMILES string of the molecule is Cc1cc(Cl)cc(C(=O)N(CC/C(N)=N/O)C(C)C)c1. The van der Waals surface area contributed by atoms with Gasteiger partial charge >= 0.3 is 0 Å². The third kappa shape index (κ3) is 4.42. The van der Waals surface area contributed by atoms with Crippen molar-refractivity contribution in [1.29, 1.82) is 0 Å². The van der Waals surface area contributed by atoms with Crippen molar-refractivity contribution in [2.45, 2.75) is 33.2 Å². The molecule has 6 heteroatoms. The van der Waals surface area contributed by atoms with Crippen LogP contribution in [0.3, 0.4) is 0 Å². The number of benzene rings is 1. The molecule has 0 radical (unpaired) electrons. The maximum atomic E-state index is 12.5. The van der Waals surface area contributed by atoms with Crippen LogP contribution >= 0.6 is 11.6 Å². The first-order valence-corrected chi connectivity index (χ1v) is 6.77.